The maximum atomic E-state index is 13.6. The molecule has 1 amide bonds. The molecule has 0 saturated carbocycles. The van der Waals surface area contributed by atoms with Gasteiger partial charge in [-0.15, -0.1) is 0 Å². The molecule has 8 heteroatoms. The topological polar surface area (TPSA) is 81.1 Å². The minimum Gasteiger partial charge on any atom is -0.352 e. The first kappa shape index (κ1) is 27.3. The number of fused-ring (bicyclic) bond motifs is 1. The van der Waals surface area contributed by atoms with Gasteiger partial charge in [-0.05, 0) is 74.2 Å². The van der Waals surface area contributed by atoms with Gasteiger partial charge in [-0.3, -0.25) is 19.0 Å². The third-order valence-electron chi connectivity index (χ3n) is 6.21. The van der Waals surface area contributed by atoms with Gasteiger partial charge in [0.15, 0.2) is 10.9 Å². The molecule has 6 nitrogen and oxygen atoms in total. The number of halogens is 1. The van der Waals surface area contributed by atoms with Gasteiger partial charge in [0.25, 0.3) is 11.5 Å². The van der Waals surface area contributed by atoms with Crippen molar-refractivity contribution in [3.8, 4) is 5.69 Å². The fourth-order valence-corrected chi connectivity index (χ4v) is 5.03. The van der Waals surface area contributed by atoms with E-state index in [4.69, 9.17) is 0 Å². The number of nitrogens with one attached hydrogen (secondary N) is 1. The van der Waals surface area contributed by atoms with Crippen molar-refractivity contribution in [3.63, 3.8) is 0 Å². The summed E-state index contributed by atoms with van der Waals surface area (Å²) < 4.78 is 15.0. The molecule has 0 atom stereocenters. The number of aryl methyl sites for hydroxylation is 2. The Morgan fingerprint density at radius 2 is 1.76 bits per heavy atom. The van der Waals surface area contributed by atoms with Crippen LogP contribution in [0.4, 0.5) is 4.39 Å². The Morgan fingerprint density at radius 1 is 1.03 bits per heavy atom. The standard InChI is InChI=1S/C30H30FN3O3S/c1-18(2)13-14-32-28(36)21-6-12-25-26(16-21)33-30(34(29(25)37)23-9-7-22(31)8-10-23)38-17-27(35)24-11-5-19(3)15-20(24)4/h5-12,15-16,18H,13-14,17H2,1-4H3,(H,32,36). The van der Waals surface area contributed by atoms with Crippen LogP contribution < -0.4 is 10.9 Å². The molecule has 3 aromatic carbocycles. The van der Waals surface area contributed by atoms with Crippen LogP contribution in [0.3, 0.4) is 0 Å². The zero-order valence-corrected chi connectivity index (χ0v) is 22.7. The number of Topliss-reactive ketones (excluding diaryl/α,β-unsaturated/α-hetero) is 1. The molecule has 196 valence electrons. The van der Waals surface area contributed by atoms with Crippen LogP contribution in [0.25, 0.3) is 16.6 Å². The van der Waals surface area contributed by atoms with Crippen molar-refractivity contribution < 1.29 is 14.0 Å². The van der Waals surface area contributed by atoms with Gasteiger partial charge in [-0.1, -0.05) is 49.4 Å². The predicted octanol–water partition coefficient (Wildman–Crippen LogP) is 5.89. The molecule has 4 rings (SSSR count). The SMILES string of the molecule is Cc1ccc(C(=O)CSc2nc3cc(C(=O)NCCC(C)C)ccc3c(=O)n2-c2ccc(F)cc2)c(C)c1. The first-order valence-corrected chi connectivity index (χ1v) is 13.5. The number of hydrogen-bond donors (Lipinski definition) is 1. The smallest absolute Gasteiger partial charge is 0.266 e. The average molecular weight is 532 g/mol. The van der Waals surface area contributed by atoms with Gasteiger partial charge in [0, 0.05) is 17.7 Å². The average Bonchev–Trinajstić information content (AvgIpc) is 2.87. The van der Waals surface area contributed by atoms with E-state index in [9.17, 15) is 18.8 Å². The molecule has 0 saturated heterocycles. The molecule has 0 radical (unpaired) electrons. The number of rotatable bonds is 9. The molecule has 1 N–H and O–H groups in total. The molecular formula is C30H30FN3O3S. The number of carbonyl (C=O) groups excluding carboxylic acids is 2. The van der Waals surface area contributed by atoms with E-state index in [0.717, 1.165) is 29.3 Å². The second-order valence-corrected chi connectivity index (χ2v) is 10.7. The Bertz CT molecular complexity index is 1560. The maximum Gasteiger partial charge on any atom is 0.266 e. The number of benzene rings is 3. The fraction of sp³-hybridized carbons (Fsp3) is 0.267. The lowest BCUT2D eigenvalue weighted by atomic mass is 10.0. The molecule has 1 heterocycles. The Balaban J connectivity index is 1.72. The summed E-state index contributed by atoms with van der Waals surface area (Å²) in [4.78, 5) is 44.0. The summed E-state index contributed by atoms with van der Waals surface area (Å²) in [6.45, 7) is 8.58. The van der Waals surface area contributed by atoms with E-state index in [-0.39, 0.29) is 28.2 Å². The Kier molecular flexibility index (Phi) is 8.42. The highest BCUT2D eigenvalue weighted by molar-refractivity contribution is 7.99. The van der Waals surface area contributed by atoms with E-state index in [1.807, 2.05) is 26.0 Å². The van der Waals surface area contributed by atoms with Crippen LogP contribution in [0.15, 0.2) is 70.6 Å². The van der Waals surface area contributed by atoms with E-state index in [1.165, 1.54) is 28.8 Å². The largest absolute Gasteiger partial charge is 0.352 e. The second kappa shape index (κ2) is 11.7. The first-order chi connectivity index (χ1) is 18.1. The molecule has 0 aliphatic carbocycles. The summed E-state index contributed by atoms with van der Waals surface area (Å²) in [6.07, 6.45) is 0.856. The molecule has 0 unspecified atom stereocenters. The van der Waals surface area contributed by atoms with Crippen molar-refractivity contribution in [2.24, 2.45) is 5.92 Å². The Labute approximate surface area is 225 Å². The molecule has 1 aromatic heterocycles. The summed E-state index contributed by atoms with van der Waals surface area (Å²) in [5.41, 5.74) is 3.38. The Hall–Kier alpha value is -3.78. The molecular weight excluding hydrogens is 501 g/mol. The van der Waals surface area contributed by atoms with Crippen molar-refractivity contribution in [3.05, 3.63) is 99.1 Å². The van der Waals surface area contributed by atoms with E-state index in [0.29, 0.717) is 40.2 Å². The predicted molar refractivity (Wildman–Crippen MR) is 150 cm³/mol. The van der Waals surface area contributed by atoms with Crippen LogP contribution in [0.2, 0.25) is 0 Å². The number of amides is 1. The third kappa shape index (κ3) is 6.19. The number of thioether (sulfide) groups is 1. The van der Waals surface area contributed by atoms with Gasteiger partial charge in [0.2, 0.25) is 0 Å². The molecule has 0 spiro atoms. The minimum atomic E-state index is -0.428. The van der Waals surface area contributed by atoms with Crippen LogP contribution in [0, 0.1) is 25.6 Å². The number of carbonyl (C=O) groups is 2. The van der Waals surface area contributed by atoms with E-state index >= 15 is 0 Å². The lowest BCUT2D eigenvalue weighted by Gasteiger charge is -2.14. The van der Waals surface area contributed by atoms with Gasteiger partial charge in [-0.2, -0.15) is 0 Å². The van der Waals surface area contributed by atoms with E-state index in [2.05, 4.69) is 24.1 Å². The van der Waals surface area contributed by atoms with Crippen molar-refractivity contribution in [1.29, 1.82) is 0 Å². The minimum absolute atomic E-state index is 0.0540. The van der Waals surface area contributed by atoms with Gasteiger partial charge >= 0.3 is 0 Å². The number of hydrogen-bond acceptors (Lipinski definition) is 5. The quantitative estimate of drug-likeness (QED) is 0.165. The Morgan fingerprint density at radius 3 is 2.45 bits per heavy atom. The highest BCUT2D eigenvalue weighted by atomic mass is 32.2. The van der Waals surface area contributed by atoms with Crippen LogP contribution in [-0.2, 0) is 0 Å². The van der Waals surface area contributed by atoms with Gasteiger partial charge < -0.3 is 5.32 Å². The van der Waals surface area contributed by atoms with Crippen molar-refractivity contribution >= 4 is 34.4 Å². The monoisotopic (exact) mass is 531 g/mol. The first-order valence-electron chi connectivity index (χ1n) is 12.5. The highest BCUT2D eigenvalue weighted by Crippen LogP contribution is 2.24. The van der Waals surface area contributed by atoms with Crippen LogP contribution >= 0.6 is 11.8 Å². The van der Waals surface area contributed by atoms with Gasteiger partial charge in [0.05, 0.1) is 22.3 Å². The zero-order valence-electron chi connectivity index (χ0n) is 21.9. The normalized spacial score (nSPS) is 11.2. The highest BCUT2D eigenvalue weighted by Gasteiger charge is 2.18. The summed E-state index contributed by atoms with van der Waals surface area (Å²) in [5.74, 6) is -0.243. The zero-order chi connectivity index (χ0) is 27.4. The number of aromatic nitrogens is 2. The van der Waals surface area contributed by atoms with Crippen LogP contribution in [0.5, 0.6) is 0 Å². The molecule has 0 bridgehead atoms. The second-order valence-electron chi connectivity index (χ2n) is 9.71. The summed E-state index contributed by atoms with van der Waals surface area (Å²) >= 11 is 1.13. The summed E-state index contributed by atoms with van der Waals surface area (Å²) in [6, 6.07) is 15.9. The lowest BCUT2D eigenvalue weighted by molar-refractivity contribution is 0.0951. The van der Waals surface area contributed by atoms with Gasteiger partial charge in [0.1, 0.15) is 5.82 Å². The van der Waals surface area contributed by atoms with Crippen molar-refractivity contribution in [2.75, 3.05) is 12.3 Å². The van der Waals surface area contributed by atoms with Crippen LogP contribution in [-0.4, -0.2) is 33.5 Å². The molecule has 0 fully saturated rings. The lowest BCUT2D eigenvalue weighted by Crippen LogP contribution is -2.26. The maximum absolute atomic E-state index is 13.6. The van der Waals surface area contributed by atoms with E-state index < -0.39 is 5.82 Å². The summed E-state index contributed by atoms with van der Waals surface area (Å²) in [7, 11) is 0. The van der Waals surface area contributed by atoms with Crippen LogP contribution in [0.1, 0.15) is 52.1 Å². The van der Waals surface area contributed by atoms with Gasteiger partial charge in [-0.25, -0.2) is 9.37 Å². The summed E-state index contributed by atoms with van der Waals surface area (Å²) in [5, 5.41) is 3.50. The molecule has 0 aliphatic rings. The van der Waals surface area contributed by atoms with E-state index in [1.54, 1.807) is 24.3 Å². The van der Waals surface area contributed by atoms with Crippen molar-refractivity contribution in [2.45, 2.75) is 39.3 Å². The molecule has 0 aliphatic heterocycles. The fourth-order valence-electron chi connectivity index (χ4n) is 4.13. The molecule has 4 aromatic rings. The number of nitrogens with zero attached hydrogens (tertiary/aromatic N) is 2. The number of ketones is 1. The molecule has 38 heavy (non-hydrogen) atoms. The van der Waals surface area contributed by atoms with Crippen molar-refractivity contribution in [1.82, 2.24) is 14.9 Å². The third-order valence-corrected chi connectivity index (χ3v) is 7.15.